The van der Waals surface area contributed by atoms with Crippen LogP contribution in [0.3, 0.4) is 0 Å². The first-order chi connectivity index (χ1) is 15.3. The first kappa shape index (κ1) is 23.6. The van der Waals surface area contributed by atoms with E-state index in [9.17, 15) is 10.2 Å². The average molecular weight is 443 g/mol. The average Bonchev–Trinajstić information content (AvgIpc) is 3.17. The van der Waals surface area contributed by atoms with Gasteiger partial charge in [0.2, 0.25) is 5.95 Å². The second-order valence-electron chi connectivity index (χ2n) is 8.53. The number of fused-ring (bicyclic) bond motifs is 1. The number of aromatic hydroxyl groups is 1. The zero-order valence-corrected chi connectivity index (χ0v) is 19.5. The summed E-state index contributed by atoms with van der Waals surface area (Å²) in [4.78, 5) is 13.9. The predicted octanol–water partition coefficient (Wildman–Crippen LogP) is 4.09. The van der Waals surface area contributed by atoms with Crippen LogP contribution in [0.5, 0.6) is 11.5 Å². The van der Waals surface area contributed by atoms with Crippen LogP contribution in [0.4, 0.5) is 11.8 Å². The number of anilines is 2. The molecular formula is C23H34N6O3. The van der Waals surface area contributed by atoms with E-state index in [1.54, 1.807) is 39.2 Å². The lowest BCUT2D eigenvalue weighted by Crippen LogP contribution is -2.23. The van der Waals surface area contributed by atoms with Gasteiger partial charge in [-0.05, 0) is 51.3 Å². The Labute approximate surface area is 188 Å². The molecule has 0 aliphatic carbocycles. The number of ether oxygens (including phenoxy) is 1. The molecule has 3 aromatic rings. The minimum Gasteiger partial charge on any atom is -0.508 e. The molecule has 0 saturated carbocycles. The van der Waals surface area contributed by atoms with Crippen molar-refractivity contribution in [1.29, 1.82) is 0 Å². The number of hydrogen-bond acceptors (Lipinski definition) is 8. The number of nitrogens with one attached hydrogen (secondary N) is 2. The molecule has 32 heavy (non-hydrogen) atoms. The maximum atomic E-state index is 10.2. The van der Waals surface area contributed by atoms with E-state index >= 15 is 0 Å². The van der Waals surface area contributed by atoms with Gasteiger partial charge in [-0.1, -0.05) is 13.8 Å². The number of nitrogens with zero attached hydrogens (tertiary/aromatic N) is 4. The fraction of sp³-hybridized carbons (Fsp3) is 0.522. The summed E-state index contributed by atoms with van der Waals surface area (Å²) in [6.45, 7) is 8.71. The summed E-state index contributed by atoms with van der Waals surface area (Å²) in [7, 11) is 1.59. The topological polar surface area (TPSA) is 117 Å². The minimum atomic E-state index is -0.778. The van der Waals surface area contributed by atoms with E-state index in [2.05, 4.69) is 39.0 Å². The zero-order valence-electron chi connectivity index (χ0n) is 19.5. The zero-order chi connectivity index (χ0) is 23.3. The lowest BCUT2D eigenvalue weighted by atomic mass is 10.1. The van der Waals surface area contributed by atoms with Crippen LogP contribution in [0.15, 0.2) is 24.5 Å². The van der Waals surface area contributed by atoms with E-state index in [1.807, 2.05) is 6.33 Å². The highest BCUT2D eigenvalue weighted by Gasteiger charge is 2.18. The number of imidazole rings is 1. The molecule has 0 fully saturated rings. The number of benzene rings is 1. The van der Waals surface area contributed by atoms with Crippen molar-refractivity contribution in [2.45, 2.75) is 65.1 Å². The monoisotopic (exact) mass is 442 g/mol. The third-order valence-electron chi connectivity index (χ3n) is 5.51. The summed E-state index contributed by atoms with van der Waals surface area (Å²) >= 11 is 0. The van der Waals surface area contributed by atoms with Crippen molar-refractivity contribution >= 4 is 22.9 Å². The van der Waals surface area contributed by atoms with Crippen molar-refractivity contribution < 1.29 is 14.9 Å². The molecule has 174 valence electrons. The molecule has 9 heteroatoms. The standard InChI is InChI=1S/C23H34N6O3/c1-6-16(7-2)29-14-26-19-20(25-13-15-12-17(32-5)8-9-18(15)30)27-22(28-21(19)29)24-11-10-23(3,4)31/h8-9,12,14,16,30-31H,6-7,10-11,13H2,1-5H3,(H2,24,25,27,28). The number of aliphatic hydroxyl groups is 1. The van der Waals surface area contributed by atoms with Crippen LogP contribution < -0.4 is 15.4 Å². The van der Waals surface area contributed by atoms with Crippen LogP contribution in [-0.4, -0.2) is 49.0 Å². The third-order valence-corrected chi connectivity index (χ3v) is 5.51. The third kappa shape index (κ3) is 5.59. The molecule has 0 unspecified atom stereocenters. The molecule has 0 atom stereocenters. The maximum Gasteiger partial charge on any atom is 0.226 e. The predicted molar refractivity (Wildman–Crippen MR) is 126 cm³/mol. The maximum absolute atomic E-state index is 10.2. The Morgan fingerprint density at radius 2 is 1.91 bits per heavy atom. The van der Waals surface area contributed by atoms with Gasteiger partial charge >= 0.3 is 0 Å². The van der Waals surface area contributed by atoms with Crippen LogP contribution in [0.25, 0.3) is 11.2 Å². The molecule has 0 saturated heterocycles. The van der Waals surface area contributed by atoms with Crippen LogP contribution in [0, 0.1) is 0 Å². The van der Waals surface area contributed by atoms with Crippen molar-refractivity contribution in [2.75, 3.05) is 24.3 Å². The highest BCUT2D eigenvalue weighted by molar-refractivity contribution is 5.84. The van der Waals surface area contributed by atoms with Crippen molar-refractivity contribution in [2.24, 2.45) is 0 Å². The van der Waals surface area contributed by atoms with Gasteiger partial charge < -0.3 is 30.2 Å². The van der Waals surface area contributed by atoms with E-state index < -0.39 is 5.60 Å². The van der Waals surface area contributed by atoms with Crippen molar-refractivity contribution in [1.82, 2.24) is 19.5 Å². The number of phenols is 1. The Balaban J connectivity index is 1.94. The lowest BCUT2D eigenvalue weighted by Gasteiger charge is -2.18. The highest BCUT2D eigenvalue weighted by atomic mass is 16.5. The van der Waals surface area contributed by atoms with E-state index in [-0.39, 0.29) is 11.8 Å². The molecule has 9 nitrogen and oxygen atoms in total. The smallest absolute Gasteiger partial charge is 0.226 e. The van der Waals surface area contributed by atoms with E-state index in [0.717, 1.165) is 18.5 Å². The molecule has 0 amide bonds. The molecule has 1 aromatic carbocycles. The largest absolute Gasteiger partial charge is 0.508 e. The molecule has 2 heterocycles. The molecule has 0 aliphatic rings. The first-order valence-corrected chi connectivity index (χ1v) is 11.1. The number of hydrogen-bond donors (Lipinski definition) is 4. The lowest BCUT2D eigenvalue weighted by molar-refractivity contribution is 0.0748. The first-order valence-electron chi connectivity index (χ1n) is 11.1. The van der Waals surface area contributed by atoms with Gasteiger partial charge in [0, 0.05) is 24.7 Å². The highest BCUT2D eigenvalue weighted by Crippen LogP contribution is 2.28. The number of aromatic nitrogens is 4. The second-order valence-corrected chi connectivity index (χ2v) is 8.53. The van der Waals surface area contributed by atoms with Gasteiger partial charge in [-0.2, -0.15) is 9.97 Å². The summed E-state index contributed by atoms with van der Waals surface area (Å²) in [6, 6.07) is 5.39. The van der Waals surface area contributed by atoms with Gasteiger partial charge in [-0.25, -0.2) is 4.98 Å². The normalized spacial score (nSPS) is 11.8. The molecule has 0 bridgehead atoms. The molecule has 4 N–H and O–H groups in total. The number of phenolic OH excluding ortho intramolecular Hbond substituents is 1. The van der Waals surface area contributed by atoms with E-state index in [4.69, 9.17) is 9.72 Å². The van der Waals surface area contributed by atoms with E-state index in [1.165, 1.54) is 0 Å². The quantitative estimate of drug-likeness (QED) is 0.351. The van der Waals surface area contributed by atoms with Crippen LogP contribution in [-0.2, 0) is 6.54 Å². The summed E-state index contributed by atoms with van der Waals surface area (Å²) in [5, 5.41) is 26.8. The molecule has 2 aromatic heterocycles. The summed E-state index contributed by atoms with van der Waals surface area (Å²) in [5.41, 5.74) is 1.33. The van der Waals surface area contributed by atoms with E-state index in [0.29, 0.717) is 48.1 Å². The Kier molecular flexibility index (Phi) is 7.40. The molecule has 0 aliphatic heterocycles. The van der Waals surface area contributed by atoms with Crippen LogP contribution in [0.2, 0.25) is 0 Å². The Morgan fingerprint density at radius 1 is 1.16 bits per heavy atom. The van der Waals surface area contributed by atoms with Gasteiger partial charge in [-0.3, -0.25) is 0 Å². The SMILES string of the molecule is CCC(CC)n1cnc2c(NCc3cc(OC)ccc3O)nc(NCCC(C)(C)O)nc21. The van der Waals surface area contributed by atoms with Gasteiger partial charge in [0.05, 0.1) is 19.0 Å². The molecule has 0 spiro atoms. The number of methoxy groups -OCH3 is 1. The fourth-order valence-corrected chi connectivity index (χ4v) is 3.56. The van der Waals surface area contributed by atoms with Crippen molar-refractivity contribution in [3.8, 4) is 11.5 Å². The fourth-order valence-electron chi connectivity index (χ4n) is 3.56. The Morgan fingerprint density at radius 3 is 2.56 bits per heavy atom. The Bertz CT molecular complexity index is 1040. The molecule has 0 radical (unpaired) electrons. The summed E-state index contributed by atoms with van der Waals surface area (Å²) in [5.74, 6) is 1.88. The van der Waals surface area contributed by atoms with Crippen molar-refractivity contribution in [3.05, 3.63) is 30.1 Å². The minimum absolute atomic E-state index is 0.176. The van der Waals surface area contributed by atoms with Gasteiger partial charge in [0.25, 0.3) is 0 Å². The summed E-state index contributed by atoms with van der Waals surface area (Å²) < 4.78 is 7.36. The van der Waals surface area contributed by atoms with Gasteiger partial charge in [0.15, 0.2) is 17.0 Å². The van der Waals surface area contributed by atoms with Crippen LogP contribution in [0.1, 0.15) is 58.6 Å². The molecular weight excluding hydrogens is 408 g/mol. The van der Waals surface area contributed by atoms with Crippen LogP contribution >= 0.6 is 0 Å². The second kappa shape index (κ2) is 10.0. The molecule has 3 rings (SSSR count). The summed E-state index contributed by atoms with van der Waals surface area (Å²) in [6.07, 6.45) is 4.30. The van der Waals surface area contributed by atoms with Gasteiger partial charge in [-0.15, -0.1) is 0 Å². The van der Waals surface area contributed by atoms with Crippen molar-refractivity contribution in [3.63, 3.8) is 0 Å². The Hall–Kier alpha value is -3.07. The van der Waals surface area contributed by atoms with Gasteiger partial charge in [0.1, 0.15) is 11.5 Å². The number of rotatable bonds is 11.